The quantitative estimate of drug-likeness (QED) is 0.825. The second kappa shape index (κ2) is 3.95. The number of aromatic nitrogens is 3. The Bertz CT molecular complexity index is 432. The lowest BCUT2D eigenvalue weighted by atomic mass is 10.1. The fourth-order valence-electron chi connectivity index (χ4n) is 3.97. The first-order valence-electron chi connectivity index (χ1n) is 7.26. The first-order valence-corrected chi connectivity index (χ1v) is 7.26. The van der Waals surface area contributed by atoms with E-state index >= 15 is 0 Å². The second-order valence-electron chi connectivity index (χ2n) is 6.15. The lowest BCUT2D eigenvalue weighted by Crippen LogP contribution is -2.43. The molecule has 1 aliphatic heterocycles. The maximum Gasteiger partial charge on any atom is 0.244 e. The van der Waals surface area contributed by atoms with Gasteiger partial charge in [0.2, 0.25) is 5.95 Å². The molecule has 4 rings (SSSR count). The molecule has 3 atom stereocenters. The third-order valence-electron chi connectivity index (χ3n) is 4.95. The van der Waals surface area contributed by atoms with E-state index in [0.717, 1.165) is 49.5 Å². The first-order chi connectivity index (χ1) is 8.83. The summed E-state index contributed by atoms with van der Waals surface area (Å²) >= 11 is 0. The molecule has 18 heavy (non-hydrogen) atoms. The van der Waals surface area contributed by atoms with Gasteiger partial charge < -0.3 is 10.6 Å². The first kappa shape index (κ1) is 10.8. The molecule has 2 heterocycles. The van der Waals surface area contributed by atoms with Crippen molar-refractivity contribution in [2.45, 2.75) is 44.1 Å². The van der Waals surface area contributed by atoms with Crippen molar-refractivity contribution in [3.63, 3.8) is 0 Å². The molecular weight excluding hydrogens is 226 g/mol. The molecule has 2 aliphatic carbocycles. The van der Waals surface area contributed by atoms with Crippen LogP contribution >= 0.6 is 0 Å². The Kier molecular flexibility index (Phi) is 2.37. The second-order valence-corrected chi connectivity index (χ2v) is 6.15. The van der Waals surface area contributed by atoms with Gasteiger partial charge >= 0.3 is 0 Å². The number of nitrogens with two attached hydrogens (primary N) is 1. The number of H-pyrrole nitrogens is 1. The van der Waals surface area contributed by atoms with Crippen LogP contribution in [0.15, 0.2) is 0 Å². The van der Waals surface area contributed by atoms with E-state index in [1.807, 2.05) is 0 Å². The molecule has 3 unspecified atom stereocenters. The maximum absolute atomic E-state index is 6.01. The Morgan fingerprint density at radius 1 is 1.17 bits per heavy atom. The van der Waals surface area contributed by atoms with Crippen LogP contribution in [0.5, 0.6) is 0 Å². The summed E-state index contributed by atoms with van der Waals surface area (Å²) in [6.45, 7) is 1.94. The van der Waals surface area contributed by atoms with Crippen LogP contribution < -0.4 is 10.6 Å². The SMILES string of the molecule is NC1CCCN(c2n[nH]c(C3C4CCCC43)n2)C1. The molecule has 1 saturated heterocycles. The smallest absolute Gasteiger partial charge is 0.244 e. The van der Waals surface area contributed by atoms with E-state index in [1.165, 1.54) is 19.3 Å². The van der Waals surface area contributed by atoms with E-state index in [2.05, 4.69) is 15.1 Å². The van der Waals surface area contributed by atoms with E-state index in [4.69, 9.17) is 10.7 Å². The molecule has 3 aliphatic rings. The van der Waals surface area contributed by atoms with Crippen molar-refractivity contribution in [2.24, 2.45) is 17.6 Å². The van der Waals surface area contributed by atoms with Crippen LogP contribution in [0.25, 0.3) is 0 Å². The highest BCUT2D eigenvalue weighted by atomic mass is 15.4. The number of rotatable bonds is 2. The number of aromatic amines is 1. The zero-order valence-corrected chi connectivity index (χ0v) is 10.7. The van der Waals surface area contributed by atoms with Gasteiger partial charge in [-0.25, -0.2) is 0 Å². The van der Waals surface area contributed by atoms with Gasteiger partial charge in [0, 0.05) is 25.0 Å². The van der Waals surface area contributed by atoms with Crippen LogP contribution in [0.2, 0.25) is 0 Å². The van der Waals surface area contributed by atoms with Crippen molar-refractivity contribution in [3.05, 3.63) is 5.82 Å². The summed E-state index contributed by atoms with van der Waals surface area (Å²) in [5.41, 5.74) is 6.01. The number of hydrogen-bond acceptors (Lipinski definition) is 4. The molecule has 3 fully saturated rings. The Morgan fingerprint density at radius 3 is 2.78 bits per heavy atom. The molecule has 3 N–H and O–H groups in total. The van der Waals surface area contributed by atoms with Gasteiger partial charge in [-0.15, -0.1) is 5.10 Å². The average Bonchev–Trinajstić information content (AvgIpc) is 2.82. The van der Waals surface area contributed by atoms with Crippen molar-refractivity contribution in [1.82, 2.24) is 15.2 Å². The molecule has 5 nitrogen and oxygen atoms in total. The predicted octanol–water partition coefficient (Wildman–Crippen LogP) is 1.25. The maximum atomic E-state index is 6.01. The Morgan fingerprint density at radius 2 is 2.00 bits per heavy atom. The van der Waals surface area contributed by atoms with Crippen LogP contribution in [0.1, 0.15) is 43.8 Å². The molecule has 1 aromatic rings. The Hall–Kier alpha value is -1.10. The Labute approximate surface area is 107 Å². The monoisotopic (exact) mass is 247 g/mol. The van der Waals surface area contributed by atoms with Crippen molar-refractivity contribution >= 4 is 5.95 Å². The van der Waals surface area contributed by atoms with Gasteiger partial charge in [-0.3, -0.25) is 5.10 Å². The fourth-order valence-corrected chi connectivity index (χ4v) is 3.97. The summed E-state index contributed by atoms with van der Waals surface area (Å²) in [5, 5.41) is 7.56. The molecule has 0 bridgehead atoms. The fraction of sp³-hybridized carbons (Fsp3) is 0.846. The molecule has 0 amide bonds. The van der Waals surface area contributed by atoms with Gasteiger partial charge in [0.05, 0.1) is 0 Å². The third kappa shape index (κ3) is 1.64. The molecule has 0 aromatic carbocycles. The standard InChI is InChI=1S/C13H21N5/c14-8-3-2-6-18(7-8)13-15-12(16-17-13)11-9-4-1-5-10(9)11/h8-11H,1-7,14H2,(H,15,16,17). The molecule has 98 valence electrons. The van der Waals surface area contributed by atoms with Crippen LogP contribution in [0.4, 0.5) is 5.95 Å². The van der Waals surface area contributed by atoms with E-state index < -0.39 is 0 Å². The summed E-state index contributed by atoms with van der Waals surface area (Å²) in [4.78, 5) is 6.95. The van der Waals surface area contributed by atoms with Crippen molar-refractivity contribution in [2.75, 3.05) is 18.0 Å². The summed E-state index contributed by atoms with van der Waals surface area (Å²) in [6.07, 6.45) is 6.47. The molecule has 0 radical (unpaired) electrons. The number of hydrogen-bond donors (Lipinski definition) is 2. The normalized spacial score (nSPS) is 38.8. The number of nitrogens with one attached hydrogen (secondary N) is 1. The van der Waals surface area contributed by atoms with Gasteiger partial charge in [0.1, 0.15) is 5.82 Å². The molecule has 2 saturated carbocycles. The molecule has 5 heteroatoms. The number of anilines is 1. The number of piperidine rings is 1. The van der Waals surface area contributed by atoms with Crippen molar-refractivity contribution in [1.29, 1.82) is 0 Å². The lowest BCUT2D eigenvalue weighted by Gasteiger charge is -2.29. The van der Waals surface area contributed by atoms with Crippen LogP contribution in [0, 0.1) is 11.8 Å². The van der Waals surface area contributed by atoms with E-state index in [1.54, 1.807) is 0 Å². The van der Waals surface area contributed by atoms with Crippen molar-refractivity contribution in [3.8, 4) is 0 Å². The van der Waals surface area contributed by atoms with Crippen molar-refractivity contribution < 1.29 is 0 Å². The zero-order valence-electron chi connectivity index (χ0n) is 10.7. The summed E-state index contributed by atoms with van der Waals surface area (Å²) in [6, 6.07) is 0.279. The van der Waals surface area contributed by atoms with E-state index in [0.29, 0.717) is 5.92 Å². The highest BCUT2D eigenvalue weighted by Gasteiger charge is 2.54. The minimum Gasteiger partial charge on any atom is -0.338 e. The number of nitrogens with zero attached hydrogens (tertiary/aromatic N) is 3. The predicted molar refractivity (Wildman–Crippen MR) is 69.4 cm³/mol. The van der Waals surface area contributed by atoms with Crippen LogP contribution in [0.3, 0.4) is 0 Å². The highest BCUT2D eigenvalue weighted by Crippen LogP contribution is 2.62. The zero-order chi connectivity index (χ0) is 12.1. The van der Waals surface area contributed by atoms with E-state index in [9.17, 15) is 0 Å². The summed E-state index contributed by atoms with van der Waals surface area (Å²) in [7, 11) is 0. The Balaban J connectivity index is 1.48. The minimum absolute atomic E-state index is 0.279. The molecule has 0 spiro atoms. The lowest BCUT2D eigenvalue weighted by molar-refractivity contribution is 0.500. The minimum atomic E-state index is 0.279. The van der Waals surface area contributed by atoms with E-state index in [-0.39, 0.29) is 6.04 Å². The molecule has 1 aromatic heterocycles. The number of fused-ring (bicyclic) bond motifs is 1. The topological polar surface area (TPSA) is 70.8 Å². The van der Waals surface area contributed by atoms with Gasteiger partial charge in [-0.2, -0.15) is 4.98 Å². The average molecular weight is 247 g/mol. The largest absolute Gasteiger partial charge is 0.338 e. The molecular formula is C13H21N5. The highest BCUT2D eigenvalue weighted by molar-refractivity contribution is 5.32. The summed E-state index contributed by atoms with van der Waals surface area (Å²) in [5.74, 6) is 4.46. The van der Waals surface area contributed by atoms with Gasteiger partial charge in [0.25, 0.3) is 0 Å². The van der Waals surface area contributed by atoms with Gasteiger partial charge in [0.15, 0.2) is 0 Å². The van der Waals surface area contributed by atoms with Crippen LogP contribution in [-0.4, -0.2) is 34.3 Å². The summed E-state index contributed by atoms with van der Waals surface area (Å²) < 4.78 is 0. The van der Waals surface area contributed by atoms with Gasteiger partial charge in [-0.05, 0) is 37.5 Å². The third-order valence-corrected chi connectivity index (χ3v) is 4.95. The van der Waals surface area contributed by atoms with Crippen LogP contribution in [-0.2, 0) is 0 Å². The van der Waals surface area contributed by atoms with Gasteiger partial charge in [-0.1, -0.05) is 6.42 Å².